The molecule has 0 amide bonds. The topological polar surface area (TPSA) is 12.0 Å². The van der Waals surface area contributed by atoms with Crippen molar-refractivity contribution in [1.29, 1.82) is 0 Å². The molecule has 0 saturated carbocycles. The molecule has 3 heteroatoms. The molecule has 2 rings (SSSR count). The van der Waals surface area contributed by atoms with Crippen molar-refractivity contribution in [2.24, 2.45) is 0 Å². The lowest BCUT2D eigenvalue weighted by molar-refractivity contribution is 0.527. The highest BCUT2D eigenvalue weighted by molar-refractivity contribution is 6.34. The Morgan fingerprint density at radius 1 is 1.00 bits per heavy atom. The summed E-state index contributed by atoms with van der Waals surface area (Å²) in [6, 6.07) is 16.6. The number of aryl methyl sites for hydroxylation is 1. The van der Waals surface area contributed by atoms with Gasteiger partial charge in [0.2, 0.25) is 0 Å². The normalized spacial score (nSPS) is 12.3. The third-order valence-electron chi connectivity index (χ3n) is 3.44. The van der Waals surface area contributed by atoms with Crippen LogP contribution in [-0.4, -0.2) is 7.05 Å². The molecule has 106 valence electrons. The van der Waals surface area contributed by atoms with Gasteiger partial charge in [-0.15, -0.1) is 0 Å². The van der Waals surface area contributed by atoms with E-state index in [1.165, 1.54) is 5.56 Å². The van der Waals surface area contributed by atoms with E-state index in [0.717, 1.165) is 24.8 Å². The van der Waals surface area contributed by atoms with E-state index in [1.807, 2.05) is 25.2 Å². The van der Waals surface area contributed by atoms with Crippen LogP contribution in [0.25, 0.3) is 0 Å². The van der Waals surface area contributed by atoms with Gasteiger partial charge in [0.15, 0.2) is 0 Å². The number of rotatable bonds is 6. The summed E-state index contributed by atoms with van der Waals surface area (Å²) >= 11 is 12.1. The Morgan fingerprint density at radius 3 is 2.25 bits per heavy atom. The predicted molar refractivity (Wildman–Crippen MR) is 87.6 cm³/mol. The Hall–Kier alpha value is -1.02. The summed E-state index contributed by atoms with van der Waals surface area (Å²) < 4.78 is 0. The average Bonchev–Trinajstić information content (AvgIpc) is 2.43. The van der Waals surface area contributed by atoms with Crippen molar-refractivity contribution < 1.29 is 0 Å². The van der Waals surface area contributed by atoms with Crippen LogP contribution in [0.4, 0.5) is 0 Å². The first kappa shape index (κ1) is 15.4. The number of hydrogen-bond donors (Lipinski definition) is 1. The van der Waals surface area contributed by atoms with Crippen LogP contribution in [0.2, 0.25) is 10.0 Å². The molecule has 2 aromatic carbocycles. The van der Waals surface area contributed by atoms with Gasteiger partial charge in [0.1, 0.15) is 0 Å². The van der Waals surface area contributed by atoms with E-state index in [0.29, 0.717) is 10.0 Å². The summed E-state index contributed by atoms with van der Waals surface area (Å²) in [7, 11) is 1.97. The summed E-state index contributed by atoms with van der Waals surface area (Å²) in [5.74, 6) is 0. The molecule has 1 atom stereocenters. The zero-order valence-electron chi connectivity index (χ0n) is 11.6. The number of nitrogens with one attached hydrogen (secondary N) is 1. The van der Waals surface area contributed by atoms with E-state index in [9.17, 15) is 0 Å². The van der Waals surface area contributed by atoms with Crippen LogP contribution >= 0.6 is 23.2 Å². The molecule has 0 spiro atoms. The zero-order chi connectivity index (χ0) is 14.4. The molecule has 0 aliphatic carbocycles. The van der Waals surface area contributed by atoms with E-state index in [-0.39, 0.29) is 6.04 Å². The summed E-state index contributed by atoms with van der Waals surface area (Å²) in [5.41, 5.74) is 2.53. The molecule has 0 aliphatic heterocycles. The zero-order valence-corrected chi connectivity index (χ0v) is 13.1. The maximum Gasteiger partial charge on any atom is 0.0424 e. The fraction of sp³-hybridized carbons (Fsp3) is 0.294. The van der Waals surface area contributed by atoms with E-state index < -0.39 is 0 Å². The van der Waals surface area contributed by atoms with Crippen LogP contribution in [0.5, 0.6) is 0 Å². The van der Waals surface area contributed by atoms with Gasteiger partial charge < -0.3 is 5.32 Å². The van der Waals surface area contributed by atoms with E-state index in [4.69, 9.17) is 23.2 Å². The average molecular weight is 308 g/mol. The largest absolute Gasteiger partial charge is 0.313 e. The van der Waals surface area contributed by atoms with Gasteiger partial charge in [0, 0.05) is 16.1 Å². The minimum Gasteiger partial charge on any atom is -0.313 e. The summed E-state index contributed by atoms with van der Waals surface area (Å²) in [5, 5.41) is 4.72. The first-order valence-electron chi connectivity index (χ1n) is 6.86. The number of hydrogen-bond acceptors (Lipinski definition) is 1. The lowest BCUT2D eigenvalue weighted by Gasteiger charge is -2.17. The summed E-state index contributed by atoms with van der Waals surface area (Å²) in [6.07, 6.45) is 3.27. The molecule has 0 bridgehead atoms. The van der Waals surface area contributed by atoms with Crippen LogP contribution in [0.3, 0.4) is 0 Å². The number of benzene rings is 2. The van der Waals surface area contributed by atoms with Crippen molar-refractivity contribution in [3.63, 3.8) is 0 Å². The molecule has 0 heterocycles. The van der Waals surface area contributed by atoms with Gasteiger partial charge in [-0.05, 0) is 55.6 Å². The van der Waals surface area contributed by atoms with Crippen LogP contribution in [0.1, 0.15) is 30.0 Å². The maximum absolute atomic E-state index is 6.07. The van der Waals surface area contributed by atoms with E-state index in [1.54, 1.807) is 6.07 Å². The maximum atomic E-state index is 6.07. The lowest BCUT2D eigenvalue weighted by Crippen LogP contribution is -2.16. The predicted octanol–water partition coefficient (Wildman–Crippen LogP) is 5.28. The van der Waals surface area contributed by atoms with E-state index >= 15 is 0 Å². The van der Waals surface area contributed by atoms with Crippen molar-refractivity contribution in [3.05, 3.63) is 69.7 Å². The number of halogens is 2. The molecule has 1 N–H and O–H groups in total. The minimum atomic E-state index is 0.287. The fourth-order valence-corrected chi connectivity index (χ4v) is 2.95. The highest BCUT2D eigenvalue weighted by atomic mass is 35.5. The Morgan fingerprint density at radius 2 is 1.65 bits per heavy atom. The highest BCUT2D eigenvalue weighted by Crippen LogP contribution is 2.26. The van der Waals surface area contributed by atoms with Crippen LogP contribution < -0.4 is 5.32 Å². The molecule has 2 aromatic rings. The van der Waals surface area contributed by atoms with Crippen LogP contribution in [0.15, 0.2) is 48.5 Å². The SMILES string of the molecule is CNC(CCCc1ccccc1)c1cc(Cl)cc(Cl)c1. The van der Waals surface area contributed by atoms with Crippen molar-refractivity contribution in [1.82, 2.24) is 5.32 Å². The highest BCUT2D eigenvalue weighted by Gasteiger charge is 2.10. The van der Waals surface area contributed by atoms with Crippen LogP contribution in [-0.2, 0) is 6.42 Å². The second-order valence-electron chi connectivity index (χ2n) is 4.92. The molecule has 0 aromatic heterocycles. The van der Waals surface area contributed by atoms with Gasteiger partial charge in [-0.25, -0.2) is 0 Å². The Kier molecular flexibility index (Phi) is 5.90. The Bertz CT molecular complexity index is 520. The monoisotopic (exact) mass is 307 g/mol. The third-order valence-corrected chi connectivity index (χ3v) is 3.87. The molecule has 1 nitrogen and oxygen atoms in total. The second kappa shape index (κ2) is 7.68. The molecular formula is C17H19Cl2N. The second-order valence-corrected chi connectivity index (χ2v) is 5.79. The third kappa shape index (κ3) is 4.52. The first-order valence-corrected chi connectivity index (χ1v) is 7.62. The lowest BCUT2D eigenvalue weighted by atomic mass is 9.99. The van der Waals surface area contributed by atoms with Gasteiger partial charge in [-0.1, -0.05) is 53.5 Å². The Labute approximate surface area is 130 Å². The molecule has 20 heavy (non-hydrogen) atoms. The van der Waals surface area contributed by atoms with Crippen molar-refractivity contribution in [2.75, 3.05) is 7.05 Å². The van der Waals surface area contributed by atoms with Gasteiger partial charge in [0.05, 0.1) is 0 Å². The molecule has 0 saturated heterocycles. The van der Waals surface area contributed by atoms with Gasteiger partial charge in [-0.2, -0.15) is 0 Å². The first-order chi connectivity index (χ1) is 9.69. The van der Waals surface area contributed by atoms with Crippen molar-refractivity contribution in [2.45, 2.75) is 25.3 Å². The van der Waals surface area contributed by atoms with Gasteiger partial charge in [-0.3, -0.25) is 0 Å². The van der Waals surface area contributed by atoms with E-state index in [2.05, 4.69) is 29.6 Å². The fourth-order valence-electron chi connectivity index (χ4n) is 2.41. The molecule has 0 aliphatic rings. The van der Waals surface area contributed by atoms with Gasteiger partial charge >= 0.3 is 0 Å². The molecule has 0 radical (unpaired) electrons. The standard InChI is InChI=1S/C17H19Cl2N/c1-20-17(14-10-15(18)12-16(19)11-14)9-5-8-13-6-3-2-4-7-13/h2-4,6-7,10-12,17,20H,5,8-9H2,1H3. The van der Waals surface area contributed by atoms with Crippen molar-refractivity contribution >= 4 is 23.2 Å². The quantitative estimate of drug-likeness (QED) is 0.766. The minimum absolute atomic E-state index is 0.287. The van der Waals surface area contributed by atoms with Crippen molar-refractivity contribution in [3.8, 4) is 0 Å². The molecule has 0 fully saturated rings. The Balaban J connectivity index is 1.95. The van der Waals surface area contributed by atoms with Gasteiger partial charge in [0.25, 0.3) is 0 Å². The smallest absolute Gasteiger partial charge is 0.0424 e. The summed E-state index contributed by atoms with van der Waals surface area (Å²) in [4.78, 5) is 0. The summed E-state index contributed by atoms with van der Waals surface area (Å²) in [6.45, 7) is 0. The van der Waals surface area contributed by atoms with Crippen LogP contribution in [0, 0.1) is 0 Å². The molecular weight excluding hydrogens is 289 g/mol. The molecule has 1 unspecified atom stereocenters.